The number of nitrogens with one attached hydrogen (secondary N) is 1. The SMILES string of the molecule is CCCCCCCCCCCCC(=O)N1CCCCC1CNC(=O)C(N)(CCCC)N(C(=O)OC(C)(C)C)C(=O)OC(C)(C)C. The molecular formula is C35H66N4O6. The van der Waals surface area contributed by atoms with E-state index >= 15 is 0 Å². The summed E-state index contributed by atoms with van der Waals surface area (Å²) < 4.78 is 11.0. The second kappa shape index (κ2) is 20.0. The minimum Gasteiger partial charge on any atom is -0.443 e. The number of amides is 4. The normalized spacial score (nSPS) is 16.9. The van der Waals surface area contributed by atoms with E-state index in [1.54, 1.807) is 41.5 Å². The second-order valence-corrected chi connectivity index (χ2v) is 14.7. The lowest BCUT2D eigenvalue weighted by atomic mass is 9.98. The molecule has 1 aliphatic rings. The van der Waals surface area contributed by atoms with E-state index < -0.39 is 35.0 Å². The highest BCUT2D eigenvalue weighted by atomic mass is 16.6. The number of likely N-dealkylation sites (tertiary alicyclic amines) is 1. The number of unbranched alkanes of at least 4 members (excludes halogenated alkanes) is 10. The van der Waals surface area contributed by atoms with E-state index in [4.69, 9.17) is 15.2 Å². The molecule has 1 saturated heterocycles. The highest BCUT2D eigenvalue weighted by Gasteiger charge is 2.50. The molecular weight excluding hydrogens is 572 g/mol. The Bertz CT molecular complexity index is 885. The van der Waals surface area contributed by atoms with Gasteiger partial charge in [-0.25, -0.2) is 9.59 Å². The highest BCUT2D eigenvalue weighted by molar-refractivity contribution is 5.98. The molecule has 2 unspecified atom stereocenters. The molecule has 3 N–H and O–H groups in total. The van der Waals surface area contributed by atoms with E-state index in [-0.39, 0.29) is 24.9 Å². The van der Waals surface area contributed by atoms with Crippen LogP contribution in [-0.2, 0) is 19.1 Å². The Morgan fingerprint density at radius 3 is 1.73 bits per heavy atom. The minimum absolute atomic E-state index is 0.0276. The molecule has 1 fully saturated rings. The molecule has 0 aromatic heterocycles. The molecule has 45 heavy (non-hydrogen) atoms. The average Bonchev–Trinajstić information content (AvgIpc) is 2.93. The number of nitrogens with two attached hydrogens (primary N) is 1. The minimum atomic E-state index is -2.04. The molecule has 0 radical (unpaired) electrons. The first kappa shape index (κ1) is 40.7. The Balaban J connectivity index is 2.91. The fourth-order valence-corrected chi connectivity index (χ4v) is 5.60. The molecule has 1 aliphatic heterocycles. The number of imide groups is 1. The Kier molecular flexibility index (Phi) is 18.1. The van der Waals surface area contributed by atoms with Gasteiger partial charge in [-0.3, -0.25) is 9.59 Å². The van der Waals surface area contributed by atoms with Gasteiger partial charge in [-0.2, -0.15) is 4.90 Å². The zero-order chi connectivity index (χ0) is 34.1. The summed E-state index contributed by atoms with van der Waals surface area (Å²) in [7, 11) is 0. The van der Waals surface area contributed by atoms with Crippen molar-refractivity contribution < 1.29 is 28.7 Å². The van der Waals surface area contributed by atoms with Gasteiger partial charge in [0.2, 0.25) is 5.91 Å². The van der Waals surface area contributed by atoms with Crippen LogP contribution < -0.4 is 11.1 Å². The molecule has 10 heteroatoms. The van der Waals surface area contributed by atoms with Crippen LogP contribution in [0, 0.1) is 0 Å². The summed E-state index contributed by atoms with van der Waals surface area (Å²) >= 11 is 0. The number of hydrogen-bond donors (Lipinski definition) is 2. The van der Waals surface area contributed by atoms with Crippen LogP contribution in [0.5, 0.6) is 0 Å². The molecule has 0 aromatic carbocycles. The van der Waals surface area contributed by atoms with E-state index in [1.807, 2.05) is 11.8 Å². The number of carbonyl (C=O) groups excluding carboxylic acids is 4. The van der Waals surface area contributed by atoms with Crippen LogP contribution in [0.1, 0.15) is 165 Å². The summed E-state index contributed by atoms with van der Waals surface area (Å²) in [5.41, 5.74) is 2.79. The van der Waals surface area contributed by atoms with Crippen LogP contribution in [-0.4, -0.2) is 69.8 Å². The highest BCUT2D eigenvalue weighted by Crippen LogP contribution is 2.25. The molecule has 1 heterocycles. The Morgan fingerprint density at radius 1 is 0.756 bits per heavy atom. The molecule has 0 aromatic rings. The van der Waals surface area contributed by atoms with Crippen molar-refractivity contribution in [1.29, 1.82) is 0 Å². The third-order valence-electron chi connectivity index (χ3n) is 8.05. The van der Waals surface area contributed by atoms with Gasteiger partial charge in [-0.1, -0.05) is 78.1 Å². The topological polar surface area (TPSA) is 131 Å². The number of ether oxygens (including phenoxy) is 2. The first-order valence-electron chi connectivity index (χ1n) is 17.7. The van der Waals surface area contributed by atoms with Crippen LogP contribution in [0.4, 0.5) is 9.59 Å². The van der Waals surface area contributed by atoms with Crippen molar-refractivity contribution >= 4 is 24.0 Å². The largest absolute Gasteiger partial charge is 0.443 e. The predicted molar refractivity (Wildman–Crippen MR) is 180 cm³/mol. The average molecular weight is 639 g/mol. The van der Waals surface area contributed by atoms with Crippen LogP contribution in [0.15, 0.2) is 0 Å². The molecule has 0 bridgehead atoms. The number of piperidine rings is 1. The standard InChI is InChI=1S/C35H66N4O6/c1-9-11-13-14-15-16-17-18-19-20-24-29(40)38-26-22-21-23-28(38)27-37-30(41)35(36,25-12-10-2)39(31(42)44-33(3,4)5)32(43)45-34(6,7)8/h28H,9-27,36H2,1-8H3,(H,37,41). The van der Waals surface area contributed by atoms with Gasteiger partial charge in [0.15, 0.2) is 5.66 Å². The van der Waals surface area contributed by atoms with Gasteiger partial charge < -0.3 is 25.4 Å². The van der Waals surface area contributed by atoms with E-state index in [9.17, 15) is 19.2 Å². The number of nitrogens with zero attached hydrogens (tertiary/aromatic N) is 2. The fraction of sp³-hybridized carbons (Fsp3) is 0.886. The van der Waals surface area contributed by atoms with Crippen molar-refractivity contribution in [2.45, 2.75) is 187 Å². The van der Waals surface area contributed by atoms with Gasteiger partial charge in [-0.05, 0) is 80.1 Å². The molecule has 0 saturated carbocycles. The van der Waals surface area contributed by atoms with Crippen LogP contribution in [0.25, 0.3) is 0 Å². The maximum Gasteiger partial charge on any atom is 0.421 e. The van der Waals surface area contributed by atoms with Crippen molar-refractivity contribution in [3.05, 3.63) is 0 Å². The van der Waals surface area contributed by atoms with E-state index in [0.29, 0.717) is 30.7 Å². The fourth-order valence-electron chi connectivity index (χ4n) is 5.60. The van der Waals surface area contributed by atoms with E-state index in [2.05, 4.69) is 12.2 Å². The lowest BCUT2D eigenvalue weighted by Gasteiger charge is -2.40. The zero-order valence-electron chi connectivity index (χ0n) is 29.9. The summed E-state index contributed by atoms with van der Waals surface area (Å²) in [6.45, 7) is 15.0. The van der Waals surface area contributed by atoms with Crippen molar-refractivity contribution in [2.24, 2.45) is 5.73 Å². The molecule has 4 amide bonds. The Morgan fingerprint density at radius 2 is 1.24 bits per heavy atom. The van der Waals surface area contributed by atoms with Crippen LogP contribution in [0.3, 0.4) is 0 Å². The van der Waals surface area contributed by atoms with Crippen LogP contribution in [0.2, 0.25) is 0 Å². The molecule has 0 aliphatic carbocycles. The summed E-state index contributed by atoms with van der Waals surface area (Å²) in [6.07, 6.45) is 14.4. The zero-order valence-corrected chi connectivity index (χ0v) is 29.9. The monoisotopic (exact) mass is 638 g/mol. The number of carbonyl (C=O) groups is 4. The lowest BCUT2D eigenvalue weighted by Crippen LogP contribution is -2.69. The van der Waals surface area contributed by atoms with Gasteiger partial charge in [0.25, 0.3) is 5.91 Å². The molecule has 0 spiro atoms. The quantitative estimate of drug-likeness (QED) is 0.116. The molecule has 262 valence electrons. The second-order valence-electron chi connectivity index (χ2n) is 14.7. The third-order valence-corrected chi connectivity index (χ3v) is 8.05. The first-order chi connectivity index (χ1) is 21.1. The van der Waals surface area contributed by atoms with E-state index in [0.717, 1.165) is 38.5 Å². The first-order valence-corrected chi connectivity index (χ1v) is 17.7. The molecule has 1 rings (SSSR count). The third kappa shape index (κ3) is 15.7. The molecule has 2 atom stereocenters. The van der Waals surface area contributed by atoms with Crippen molar-refractivity contribution in [2.75, 3.05) is 13.1 Å². The smallest absolute Gasteiger partial charge is 0.421 e. The summed E-state index contributed by atoms with van der Waals surface area (Å²) in [4.78, 5) is 56.4. The van der Waals surface area contributed by atoms with Gasteiger partial charge in [0, 0.05) is 25.6 Å². The van der Waals surface area contributed by atoms with Gasteiger partial charge >= 0.3 is 12.2 Å². The van der Waals surface area contributed by atoms with Gasteiger partial charge in [0.05, 0.1) is 0 Å². The van der Waals surface area contributed by atoms with Crippen molar-refractivity contribution in [3.8, 4) is 0 Å². The maximum atomic E-state index is 13.8. The van der Waals surface area contributed by atoms with Gasteiger partial charge in [-0.15, -0.1) is 0 Å². The predicted octanol–water partition coefficient (Wildman–Crippen LogP) is 7.81. The summed E-state index contributed by atoms with van der Waals surface area (Å²) in [5, 5.41) is 2.90. The number of rotatable bonds is 18. The number of hydrogen-bond acceptors (Lipinski definition) is 7. The van der Waals surface area contributed by atoms with Crippen LogP contribution >= 0.6 is 0 Å². The summed E-state index contributed by atoms with van der Waals surface area (Å²) in [5.74, 6) is -0.567. The van der Waals surface area contributed by atoms with Crippen molar-refractivity contribution in [1.82, 2.24) is 15.1 Å². The maximum absolute atomic E-state index is 13.8. The van der Waals surface area contributed by atoms with E-state index in [1.165, 1.54) is 44.9 Å². The molecule has 10 nitrogen and oxygen atoms in total. The van der Waals surface area contributed by atoms with Gasteiger partial charge in [0.1, 0.15) is 11.2 Å². The Labute approximate surface area is 273 Å². The Hall–Kier alpha value is -2.36. The lowest BCUT2D eigenvalue weighted by molar-refractivity contribution is -0.137. The summed E-state index contributed by atoms with van der Waals surface area (Å²) in [6, 6.07) is -0.176. The van der Waals surface area contributed by atoms with Crippen molar-refractivity contribution in [3.63, 3.8) is 0 Å².